The van der Waals surface area contributed by atoms with E-state index in [1.807, 2.05) is 31.2 Å². The highest BCUT2D eigenvalue weighted by Crippen LogP contribution is 2.28. The number of benzene rings is 2. The van der Waals surface area contributed by atoms with Crippen LogP contribution in [-0.2, 0) is 0 Å². The molecular formula is C15H12BrNO2. The Kier molecular flexibility index (Phi) is 4.43. The molecule has 0 N–H and O–H groups in total. The maximum atomic E-state index is 8.86. The number of nitrogens with zero attached hydrogens (tertiary/aromatic N) is 1. The Labute approximate surface area is 120 Å². The van der Waals surface area contributed by atoms with Gasteiger partial charge in [0.05, 0.1) is 12.2 Å². The van der Waals surface area contributed by atoms with Crippen molar-refractivity contribution in [3.8, 4) is 23.3 Å². The van der Waals surface area contributed by atoms with Gasteiger partial charge in [-0.15, -0.1) is 0 Å². The minimum Gasteiger partial charge on any atom is -0.494 e. The van der Waals surface area contributed by atoms with E-state index >= 15 is 0 Å². The highest BCUT2D eigenvalue weighted by molar-refractivity contribution is 9.10. The molecule has 0 saturated heterocycles. The second kappa shape index (κ2) is 6.26. The molecule has 0 aromatic heterocycles. The summed E-state index contributed by atoms with van der Waals surface area (Å²) >= 11 is 3.33. The summed E-state index contributed by atoms with van der Waals surface area (Å²) in [5, 5.41) is 8.86. The Morgan fingerprint density at radius 3 is 2.53 bits per heavy atom. The molecule has 0 bridgehead atoms. The molecule has 0 unspecified atom stereocenters. The van der Waals surface area contributed by atoms with Crippen LogP contribution in [0.25, 0.3) is 0 Å². The van der Waals surface area contributed by atoms with Crippen LogP contribution in [0.15, 0.2) is 46.9 Å². The molecule has 19 heavy (non-hydrogen) atoms. The van der Waals surface area contributed by atoms with Crippen LogP contribution in [0.2, 0.25) is 0 Å². The molecule has 2 aromatic carbocycles. The normalized spacial score (nSPS) is 9.74. The quantitative estimate of drug-likeness (QED) is 0.833. The van der Waals surface area contributed by atoms with Gasteiger partial charge in [0.15, 0.2) is 0 Å². The van der Waals surface area contributed by atoms with Gasteiger partial charge in [-0.1, -0.05) is 6.07 Å². The van der Waals surface area contributed by atoms with Gasteiger partial charge < -0.3 is 9.47 Å². The smallest absolute Gasteiger partial charge is 0.131 e. The molecule has 2 aromatic rings. The van der Waals surface area contributed by atoms with Crippen molar-refractivity contribution in [3.05, 3.63) is 52.5 Å². The summed E-state index contributed by atoms with van der Waals surface area (Å²) in [6.45, 7) is 2.55. The van der Waals surface area contributed by atoms with Crippen LogP contribution in [0.1, 0.15) is 12.5 Å². The lowest BCUT2D eigenvalue weighted by atomic mass is 10.2. The van der Waals surface area contributed by atoms with Crippen LogP contribution in [0, 0.1) is 11.3 Å². The predicted octanol–water partition coefficient (Wildman–Crippen LogP) is 4.51. The van der Waals surface area contributed by atoms with Crippen LogP contribution >= 0.6 is 15.9 Å². The second-order valence-corrected chi connectivity index (χ2v) is 4.62. The van der Waals surface area contributed by atoms with Gasteiger partial charge in [-0.25, -0.2) is 0 Å². The van der Waals surface area contributed by atoms with Gasteiger partial charge >= 0.3 is 0 Å². The summed E-state index contributed by atoms with van der Waals surface area (Å²) in [5.74, 6) is 2.13. The molecule has 0 spiro atoms. The van der Waals surface area contributed by atoms with E-state index in [1.165, 1.54) is 0 Å². The number of hydrogen-bond acceptors (Lipinski definition) is 3. The molecule has 0 fully saturated rings. The average molecular weight is 318 g/mol. The van der Waals surface area contributed by atoms with Crippen molar-refractivity contribution in [1.29, 1.82) is 5.26 Å². The summed E-state index contributed by atoms with van der Waals surface area (Å²) in [4.78, 5) is 0. The van der Waals surface area contributed by atoms with Gasteiger partial charge in [-0.3, -0.25) is 0 Å². The molecule has 2 rings (SSSR count). The molecule has 0 amide bonds. The lowest BCUT2D eigenvalue weighted by Gasteiger charge is -2.08. The number of halogens is 1. The summed E-state index contributed by atoms with van der Waals surface area (Å²) in [7, 11) is 0. The Morgan fingerprint density at radius 2 is 1.84 bits per heavy atom. The third kappa shape index (κ3) is 3.49. The van der Waals surface area contributed by atoms with E-state index in [-0.39, 0.29) is 0 Å². The molecular weight excluding hydrogens is 306 g/mol. The molecule has 3 nitrogen and oxygen atoms in total. The van der Waals surface area contributed by atoms with Crippen LogP contribution < -0.4 is 9.47 Å². The molecule has 0 atom stereocenters. The highest BCUT2D eigenvalue weighted by Gasteiger charge is 2.03. The molecule has 0 radical (unpaired) electrons. The Bertz CT molecular complexity index is 620. The standard InChI is InChI=1S/C15H12BrNO2/c1-2-18-12-4-3-5-13(8-12)19-14-7-6-11(10-17)15(16)9-14/h3-9H,2H2,1H3. The second-order valence-electron chi connectivity index (χ2n) is 3.76. The van der Waals surface area contributed by atoms with Gasteiger partial charge in [0.1, 0.15) is 23.3 Å². The van der Waals surface area contributed by atoms with Gasteiger partial charge in [-0.05, 0) is 53.2 Å². The predicted molar refractivity (Wildman–Crippen MR) is 76.5 cm³/mol. The molecule has 0 aliphatic carbocycles. The van der Waals surface area contributed by atoms with E-state index in [4.69, 9.17) is 14.7 Å². The van der Waals surface area contributed by atoms with Crippen molar-refractivity contribution in [1.82, 2.24) is 0 Å². The van der Waals surface area contributed by atoms with E-state index in [2.05, 4.69) is 22.0 Å². The molecule has 96 valence electrons. The Morgan fingerprint density at radius 1 is 1.11 bits per heavy atom. The summed E-state index contributed by atoms with van der Waals surface area (Å²) in [6.07, 6.45) is 0. The largest absolute Gasteiger partial charge is 0.494 e. The lowest BCUT2D eigenvalue weighted by Crippen LogP contribution is -1.92. The van der Waals surface area contributed by atoms with Crippen LogP contribution in [-0.4, -0.2) is 6.61 Å². The highest BCUT2D eigenvalue weighted by atomic mass is 79.9. The first-order valence-corrected chi connectivity index (χ1v) is 6.62. The fourth-order valence-corrected chi connectivity index (χ4v) is 2.03. The summed E-state index contributed by atoms with van der Waals surface area (Å²) in [5.41, 5.74) is 0.579. The SMILES string of the molecule is CCOc1cccc(Oc2ccc(C#N)c(Br)c2)c1. The monoisotopic (exact) mass is 317 g/mol. The van der Waals surface area contributed by atoms with E-state index in [0.29, 0.717) is 28.1 Å². The van der Waals surface area contributed by atoms with Crippen LogP contribution in [0.4, 0.5) is 0 Å². The third-order valence-corrected chi connectivity index (χ3v) is 3.07. The summed E-state index contributed by atoms with van der Waals surface area (Å²) < 4.78 is 11.9. The molecule has 0 aliphatic rings. The Hall–Kier alpha value is -1.99. The van der Waals surface area contributed by atoms with Gasteiger partial charge in [0.25, 0.3) is 0 Å². The first-order chi connectivity index (χ1) is 9.22. The van der Waals surface area contributed by atoms with Gasteiger partial charge in [-0.2, -0.15) is 5.26 Å². The molecule has 0 saturated carbocycles. The van der Waals surface area contributed by atoms with Gasteiger partial charge in [0.2, 0.25) is 0 Å². The third-order valence-electron chi connectivity index (χ3n) is 2.41. The van der Waals surface area contributed by atoms with Crippen molar-refractivity contribution < 1.29 is 9.47 Å². The zero-order chi connectivity index (χ0) is 13.7. The molecule has 0 aliphatic heterocycles. The zero-order valence-corrected chi connectivity index (χ0v) is 12.0. The Balaban J connectivity index is 2.19. The van der Waals surface area contributed by atoms with Crippen molar-refractivity contribution in [2.24, 2.45) is 0 Å². The average Bonchev–Trinajstić information content (AvgIpc) is 2.40. The first kappa shape index (κ1) is 13.4. The fourth-order valence-electron chi connectivity index (χ4n) is 1.58. The number of rotatable bonds is 4. The number of nitriles is 1. The summed E-state index contributed by atoms with van der Waals surface area (Å²) in [6, 6.07) is 14.8. The topological polar surface area (TPSA) is 42.2 Å². The molecule has 4 heteroatoms. The lowest BCUT2D eigenvalue weighted by molar-refractivity contribution is 0.338. The van der Waals surface area contributed by atoms with E-state index in [1.54, 1.807) is 18.2 Å². The van der Waals surface area contributed by atoms with Crippen molar-refractivity contribution in [2.75, 3.05) is 6.61 Å². The minimum atomic E-state index is 0.579. The van der Waals surface area contributed by atoms with Crippen molar-refractivity contribution >= 4 is 15.9 Å². The molecule has 0 heterocycles. The van der Waals surface area contributed by atoms with E-state index < -0.39 is 0 Å². The maximum absolute atomic E-state index is 8.86. The van der Waals surface area contributed by atoms with Crippen LogP contribution in [0.3, 0.4) is 0 Å². The fraction of sp³-hybridized carbons (Fsp3) is 0.133. The van der Waals surface area contributed by atoms with Crippen molar-refractivity contribution in [2.45, 2.75) is 6.92 Å². The zero-order valence-electron chi connectivity index (χ0n) is 10.4. The maximum Gasteiger partial charge on any atom is 0.131 e. The van der Waals surface area contributed by atoms with E-state index in [0.717, 1.165) is 5.75 Å². The number of hydrogen-bond donors (Lipinski definition) is 0. The van der Waals surface area contributed by atoms with Crippen molar-refractivity contribution in [3.63, 3.8) is 0 Å². The first-order valence-electron chi connectivity index (χ1n) is 5.83. The minimum absolute atomic E-state index is 0.579. The van der Waals surface area contributed by atoms with Crippen LogP contribution in [0.5, 0.6) is 17.2 Å². The number of ether oxygens (including phenoxy) is 2. The van der Waals surface area contributed by atoms with E-state index in [9.17, 15) is 0 Å². The van der Waals surface area contributed by atoms with Gasteiger partial charge in [0, 0.05) is 10.5 Å².